The lowest BCUT2D eigenvalue weighted by molar-refractivity contribution is -0.123. The van der Waals surface area contributed by atoms with Crippen LogP contribution in [0.2, 0.25) is 0 Å². The van der Waals surface area contributed by atoms with Crippen molar-refractivity contribution in [2.45, 2.75) is 44.7 Å². The van der Waals surface area contributed by atoms with Gasteiger partial charge in [-0.05, 0) is 57.8 Å². The van der Waals surface area contributed by atoms with Crippen LogP contribution in [-0.2, 0) is 4.79 Å². The summed E-state index contributed by atoms with van der Waals surface area (Å²) in [6, 6.07) is 4.06. The SMILES string of the molecule is CC(C(=O)NCCCCN1CCCC1CO)n1cccc1. The van der Waals surface area contributed by atoms with Gasteiger partial charge in [0.05, 0.1) is 6.61 Å². The fraction of sp³-hybridized carbons (Fsp3) is 0.688. The Balaban J connectivity index is 1.58. The lowest BCUT2D eigenvalue weighted by atomic mass is 10.2. The highest BCUT2D eigenvalue weighted by Crippen LogP contribution is 2.16. The Bertz CT molecular complexity index is 419. The van der Waals surface area contributed by atoms with Crippen LogP contribution < -0.4 is 5.32 Å². The molecule has 2 N–H and O–H groups in total. The van der Waals surface area contributed by atoms with Gasteiger partial charge in [0.25, 0.3) is 0 Å². The Hall–Kier alpha value is -1.33. The average molecular weight is 293 g/mol. The summed E-state index contributed by atoms with van der Waals surface area (Å²) in [5, 5.41) is 12.3. The smallest absolute Gasteiger partial charge is 0.242 e. The highest BCUT2D eigenvalue weighted by molar-refractivity contribution is 5.79. The van der Waals surface area contributed by atoms with E-state index in [1.54, 1.807) is 0 Å². The molecule has 0 saturated carbocycles. The molecule has 0 spiro atoms. The zero-order valence-electron chi connectivity index (χ0n) is 12.9. The van der Waals surface area contributed by atoms with E-state index in [1.807, 2.05) is 36.0 Å². The van der Waals surface area contributed by atoms with Crippen LogP contribution in [0.5, 0.6) is 0 Å². The molecule has 0 aliphatic carbocycles. The van der Waals surface area contributed by atoms with E-state index in [2.05, 4.69) is 10.2 Å². The first-order chi connectivity index (χ1) is 10.2. The van der Waals surface area contributed by atoms with Crippen LogP contribution in [0.1, 0.15) is 38.6 Å². The molecule has 2 heterocycles. The van der Waals surface area contributed by atoms with Crippen molar-refractivity contribution < 1.29 is 9.90 Å². The number of hydrogen-bond donors (Lipinski definition) is 2. The van der Waals surface area contributed by atoms with Gasteiger partial charge in [-0.15, -0.1) is 0 Å². The van der Waals surface area contributed by atoms with Crippen LogP contribution in [0.15, 0.2) is 24.5 Å². The maximum Gasteiger partial charge on any atom is 0.242 e. The van der Waals surface area contributed by atoms with Crippen molar-refractivity contribution in [3.63, 3.8) is 0 Å². The Morgan fingerprint density at radius 3 is 2.86 bits per heavy atom. The molecule has 21 heavy (non-hydrogen) atoms. The third-order valence-electron chi connectivity index (χ3n) is 4.34. The van der Waals surface area contributed by atoms with Crippen molar-refractivity contribution in [2.24, 2.45) is 0 Å². The zero-order chi connectivity index (χ0) is 15.1. The van der Waals surface area contributed by atoms with Gasteiger partial charge in [0, 0.05) is 25.0 Å². The molecule has 0 radical (unpaired) electrons. The number of carbonyl (C=O) groups excluding carboxylic acids is 1. The summed E-state index contributed by atoms with van der Waals surface area (Å²) >= 11 is 0. The first-order valence-corrected chi connectivity index (χ1v) is 7.97. The molecule has 1 fully saturated rings. The minimum Gasteiger partial charge on any atom is -0.395 e. The summed E-state index contributed by atoms with van der Waals surface area (Å²) in [5.41, 5.74) is 0. The summed E-state index contributed by atoms with van der Waals surface area (Å²) < 4.78 is 1.91. The molecule has 1 aromatic heterocycles. The average Bonchev–Trinajstić information content (AvgIpc) is 3.17. The van der Waals surface area contributed by atoms with Crippen molar-refractivity contribution in [2.75, 3.05) is 26.2 Å². The number of aliphatic hydroxyl groups excluding tert-OH is 1. The summed E-state index contributed by atoms with van der Waals surface area (Å²) in [4.78, 5) is 14.3. The van der Waals surface area contributed by atoms with Crippen LogP contribution in [0.3, 0.4) is 0 Å². The normalized spacial score (nSPS) is 20.6. The highest BCUT2D eigenvalue weighted by atomic mass is 16.3. The minimum atomic E-state index is -0.155. The van der Waals surface area contributed by atoms with Gasteiger partial charge in [0.15, 0.2) is 0 Å². The highest BCUT2D eigenvalue weighted by Gasteiger charge is 2.22. The van der Waals surface area contributed by atoms with E-state index in [0.29, 0.717) is 6.04 Å². The molecule has 1 aliphatic heterocycles. The van der Waals surface area contributed by atoms with E-state index >= 15 is 0 Å². The fourth-order valence-electron chi connectivity index (χ4n) is 2.94. The van der Waals surface area contributed by atoms with Gasteiger partial charge >= 0.3 is 0 Å². The summed E-state index contributed by atoms with van der Waals surface area (Å²) in [6.07, 6.45) is 8.17. The predicted molar refractivity (Wildman–Crippen MR) is 83.1 cm³/mol. The van der Waals surface area contributed by atoms with E-state index in [4.69, 9.17) is 0 Å². The summed E-state index contributed by atoms with van der Waals surface area (Å²) in [6.45, 7) is 5.02. The van der Waals surface area contributed by atoms with Gasteiger partial charge in [0.1, 0.15) is 6.04 Å². The number of amides is 1. The molecule has 2 unspecified atom stereocenters. The molecule has 2 atom stereocenters. The van der Waals surface area contributed by atoms with E-state index < -0.39 is 0 Å². The van der Waals surface area contributed by atoms with Gasteiger partial charge in [0.2, 0.25) is 5.91 Å². The van der Waals surface area contributed by atoms with E-state index in [0.717, 1.165) is 38.9 Å². The number of aromatic nitrogens is 1. The fourth-order valence-corrected chi connectivity index (χ4v) is 2.94. The number of rotatable bonds is 8. The van der Waals surface area contributed by atoms with E-state index in [9.17, 15) is 9.90 Å². The van der Waals surface area contributed by atoms with Crippen LogP contribution in [0.25, 0.3) is 0 Å². The number of hydrogen-bond acceptors (Lipinski definition) is 3. The lowest BCUT2D eigenvalue weighted by Crippen LogP contribution is -2.34. The first-order valence-electron chi connectivity index (χ1n) is 7.97. The molecule has 5 heteroatoms. The molecule has 1 saturated heterocycles. The van der Waals surface area contributed by atoms with Crippen molar-refractivity contribution >= 4 is 5.91 Å². The summed E-state index contributed by atoms with van der Waals surface area (Å²) in [5.74, 6) is 0.0700. The number of likely N-dealkylation sites (tertiary alicyclic amines) is 1. The number of aliphatic hydroxyl groups is 1. The third-order valence-corrected chi connectivity index (χ3v) is 4.34. The summed E-state index contributed by atoms with van der Waals surface area (Å²) in [7, 11) is 0. The number of carbonyl (C=O) groups is 1. The standard InChI is InChI=1S/C16H27N3O2/c1-14(18-9-4-5-10-18)16(21)17-8-2-3-11-19-12-6-7-15(19)13-20/h4-5,9-10,14-15,20H,2-3,6-8,11-13H2,1H3,(H,17,21). The molecule has 118 valence electrons. The maximum atomic E-state index is 12.0. The van der Waals surface area contributed by atoms with Crippen molar-refractivity contribution in [3.05, 3.63) is 24.5 Å². The van der Waals surface area contributed by atoms with Crippen LogP contribution in [0.4, 0.5) is 0 Å². The molecular weight excluding hydrogens is 266 g/mol. The second-order valence-corrected chi connectivity index (χ2v) is 5.82. The van der Waals surface area contributed by atoms with Crippen LogP contribution in [0, 0.1) is 0 Å². The molecule has 0 aromatic carbocycles. The van der Waals surface area contributed by atoms with Gasteiger partial charge in [-0.25, -0.2) is 0 Å². The topological polar surface area (TPSA) is 57.5 Å². The minimum absolute atomic E-state index is 0.0700. The van der Waals surface area contributed by atoms with Crippen LogP contribution >= 0.6 is 0 Å². The number of nitrogens with zero attached hydrogens (tertiary/aromatic N) is 2. The van der Waals surface area contributed by atoms with E-state index in [-0.39, 0.29) is 18.6 Å². The second kappa shape index (κ2) is 8.20. The molecule has 0 bridgehead atoms. The van der Waals surface area contributed by atoms with Crippen molar-refractivity contribution in [3.8, 4) is 0 Å². The zero-order valence-corrected chi connectivity index (χ0v) is 12.9. The predicted octanol–water partition coefficient (Wildman–Crippen LogP) is 1.40. The molecule has 5 nitrogen and oxygen atoms in total. The molecule has 1 aromatic rings. The first kappa shape index (κ1) is 16.0. The van der Waals surface area contributed by atoms with Crippen LogP contribution in [-0.4, -0.2) is 52.8 Å². The van der Waals surface area contributed by atoms with Crippen molar-refractivity contribution in [1.82, 2.24) is 14.8 Å². The quantitative estimate of drug-likeness (QED) is 0.712. The Kier molecular flexibility index (Phi) is 6.26. The maximum absolute atomic E-state index is 12.0. The molecule has 1 amide bonds. The largest absolute Gasteiger partial charge is 0.395 e. The van der Waals surface area contributed by atoms with Gasteiger partial charge < -0.3 is 15.0 Å². The Labute approximate surface area is 126 Å². The lowest BCUT2D eigenvalue weighted by Gasteiger charge is -2.22. The monoisotopic (exact) mass is 293 g/mol. The van der Waals surface area contributed by atoms with Crippen molar-refractivity contribution in [1.29, 1.82) is 0 Å². The third kappa shape index (κ3) is 4.58. The van der Waals surface area contributed by atoms with Gasteiger partial charge in [-0.3, -0.25) is 9.69 Å². The molecular formula is C16H27N3O2. The number of nitrogens with one attached hydrogen (secondary N) is 1. The second-order valence-electron chi connectivity index (χ2n) is 5.82. The van der Waals surface area contributed by atoms with E-state index in [1.165, 1.54) is 6.42 Å². The Morgan fingerprint density at radius 2 is 2.14 bits per heavy atom. The number of unbranched alkanes of at least 4 members (excludes halogenated alkanes) is 1. The van der Waals surface area contributed by atoms with Gasteiger partial charge in [-0.2, -0.15) is 0 Å². The molecule has 1 aliphatic rings. The van der Waals surface area contributed by atoms with Gasteiger partial charge in [-0.1, -0.05) is 0 Å². The molecule has 2 rings (SSSR count). The Morgan fingerprint density at radius 1 is 1.38 bits per heavy atom.